The summed E-state index contributed by atoms with van der Waals surface area (Å²) >= 11 is 0. The smallest absolute Gasteiger partial charge is 0.257 e. The molecule has 0 aliphatic heterocycles. The molecule has 0 saturated carbocycles. The molecule has 6 heteroatoms. The maximum Gasteiger partial charge on any atom is 0.257 e. The highest BCUT2D eigenvalue weighted by Crippen LogP contribution is 2.16. The average molecular weight is 331 g/mol. The summed E-state index contributed by atoms with van der Waals surface area (Å²) in [6.07, 6.45) is 0. The molecule has 6 nitrogen and oxygen atoms in total. The molecule has 25 heavy (non-hydrogen) atoms. The van der Waals surface area contributed by atoms with Gasteiger partial charge in [-0.2, -0.15) is 5.10 Å². The average Bonchev–Trinajstić information content (AvgIpc) is 3.16. The number of carbonyl (C=O) groups excluding carboxylic acids is 1. The van der Waals surface area contributed by atoms with Crippen molar-refractivity contribution in [3.63, 3.8) is 0 Å². The van der Waals surface area contributed by atoms with E-state index in [9.17, 15) is 4.79 Å². The van der Waals surface area contributed by atoms with Crippen LogP contribution in [0.5, 0.6) is 0 Å². The second-order valence-corrected chi connectivity index (χ2v) is 5.94. The molecular formula is C19H17N5O. The fraction of sp³-hybridized carbons (Fsp3) is 0.105. The first-order chi connectivity index (χ1) is 12.1. The molecule has 4 aromatic rings. The van der Waals surface area contributed by atoms with Gasteiger partial charge in [0.05, 0.1) is 22.4 Å². The van der Waals surface area contributed by atoms with Crippen LogP contribution >= 0.6 is 0 Å². The highest BCUT2D eigenvalue weighted by atomic mass is 16.1. The first-order valence-electron chi connectivity index (χ1n) is 8.00. The summed E-state index contributed by atoms with van der Waals surface area (Å²) in [7, 11) is 0. The van der Waals surface area contributed by atoms with Crippen molar-refractivity contribution in [1.29, 1.82) is 0 Å². The fourth-order valence-electron chi connectivity index (χ4n) is 2.84. The van der Waals surface area contributed by atoms with Gasteiger partial charge in [-0.1, -0.05) is 12.1 Å². The van der Waals surface area contributed by atoms with Crippen LogP contribution in [0.1, 0.15) is 21.7 Å². The summed E-state index contributed by atoms with van der Waals surface area (Å²) < 4.78 is 1.86. The van der Waals surface area contributed by atoms with Gasteiger partial charge in [0.25, 0.3) is 5.91 Å². The lowest BCUT2D eigenvalue weighted by Crippen LogP contribution is -2.13. The molecule has 0 saturated heterocycles. The Morgan fingerprint density at radius 2 is 1.84 bits per heavy atom. The van der Waals surface area contributed by atoms with Crippen molar-refractivity contribution >= 4 is 22.9 Å². The number of nitrogens with one attached hydrogen (secondary N) is 2. The summed E-state index contributed by atoms with van der Waals surface area (Å²) in [4.78, 5) is 19.9. The van der Waals surface area contributed by atoms with Crippen LogP contribution in [0, 0.1) is 13.8 Å². The molecule has 124 valence electrons. The van der Waals surface area contributed by atoms with Crippen LogP contribution < -0.4 is 5.32 Å². The molecule has 2 aromatic carbocycles. The number of nitrogens with zero attached hydrogens (tertiary/aromatic N) is 3. The van der Waals surface area contributed by atoms with E-state index in [1.807, 2.05) is 61.0 Å². The minimum absolute atomic E-state index is 0.209. The predicted molar refractivity (Wildman–Crippen MR) is 97.1 cm³/mol. The van der Waals surface area contributed by atoms with E-state index in [0.29, 0.717) is 11.5 Å². The van der Waals surface area contributed by atoms with Gasteiger partial charge in [0.2, 0.25) is 5.95 Å². The highest BCUT2D eigenvalue weighted by Gasteiger charge is 2.10. The standard InChI is InChI=1S/C19H17N5O/c1-12-11-13(2)24(23-12)15-9-7-14(8-10-15)18(25)22-19-20-16-5-3-4-6-17(16)21-19/h3-11H,1-2H3,(H2,20,21,22,25). The van der Waals surface area contributed by atoms with E-state index in [0.717, 1.165) is 28.1 Å². The van der Waals surface area contributed by atoms with Crippen molar-refractivity contribution < 1.29 is 4.79 Å². The number of hydrogen-bond donors (Lipinski definition) is 2. The second kappa shape index (κ2) is 5.90. The van der Waals surface area contributed by atoms with Crippen LogP contribution in [0.25, 0.3) is 16.7 Å². The minimum atomic E-state index is -0.209. The molecule has 2 heterocycles. The molecule has 0 atom stereocenters. The fourth-order valence-corrected chi connectivity index (χ4v) is 2.84. The number of aromatic nitrogens is 4. The molecule has 0 fully saturated rings. The van der Waals surface area contributed by atoms with Crippen molar-refractivity contribution in [3.05, 3.63) is 71.5 Å². The number of imidazole rings is 1. The topological polar surface area (TPSA) is 75.6 Å². The van der Waals surface area contributed by atoms with Gasteiger partial charge in [-0.05, 0) is 56.3 Å². The Kier molecular flexibility index (Phi) is 3.57. The lowest BCUT2D eigenvalue weighted by Gasteiger charge is -2.06. The number of benzene rings is 2. The third-order valence-electron chi connectivity index (χ3n) is 4.00. The van der Waals surface area contributed by atoms with Crippen LogP contribution in [-0.4, -0.2) is 25.7 Å². The second-order valence-electron chi connectivity index (χ2n) is 5.94. The summed E-state index contributed by atoms with van der Waals surface area (Å²) in [5.74, 6) is 0.229. The van der Waals surface area contributed by atoms with Crippen molar-refractivity contribution in [3.8, 4) is 5.69 Å². The monoisotopic (exact) mass is 331 g/mol. The number of anilines is 1. The van der Waals surface area contributed by atoms with E-state index in [4.69, 9.17) is 0 Å². The SMILES string of the molecule is Cc1cc(C)n(-c2ccc(C(=O)Nc3nc4ccccc4[nH]3)cc2)n1. The zero-order valence-electron chi connectivity index (χ0n) is 13.9. The third-order valence-corrected chi connectivity index (χ3v) is 4.00. The molecule has 0 bridgehead atoms. The maximum atomic E-state index is 12.4. The molecule has 0 aliphatic carbocycles. The summed E-state index contributed by atoms with van der Waals surface area (Å²) in [6.45, 7) is 3.96. The van der Waals surface area contributed by atoms with E-state index < -0.39 is 0 Å². The number of hydrogen-bond acceptors (Lipinski definition) is 3. The number of fused-ring (bicyclic) bond motifs is 1. The van der Waals surface area contributed by atoms with Gasteiger partial charge in [0.1, 0.15) is 0 Å². The molecule has 1 amide bonds. The van der Waals surface area contributed by atoms with Gasteiger partial charge >= 0.3 is 0 Å². The minimum Gasteiger partial charge on any atom is -0.324 e. The third kappa shape index (κ3) is 2.89. The zero-order valence-corrected chi connectivity index (χ0v) is 13.9. The lowest BCUT2D eigenvalue weighted by molar-refractivity contribution is 0.102. The van der Waals surface area contributed by atoms with Gasteiger partial charge in [-0.3, -0.25) is 10.1 Å². The van der Waals surface area contributed by atoms with Crippen molar-refractivity contribution in [2.45, 2.75) is 13.8 Å². The van der Waals surface area contributed by atoms with E-state index >= 15 is 0 Å². The Morgan fingerprint density at radius 3 is 2.52 bits per heavy atom. The van der Waals surface area contributed by atoms with Gasteiger partial charge in [-0.25, -0.2) is 9.67 Å². The highest BCUT2D eigenvalue weighted by molar-refractivity contribution is 6.04. The first-order valence-corrected chi connectivity index (χ1v) is 8.00. The van der Waals surface area contributed by atoms with Gasteiger partial charge < -0.3 is 4.98 Å². The molecule has 0 aliphatic rings. The van der Waals surface area contributed by atoms with Gasteiger partial charge in [0, 0.05) is 11.3 Å². The molecule has 4 rings (SSSR count). The summed E-state index contributed by atoms with van der Waals surface area (Å²) in [5.41, 5.74) is 5.20. The molecular weight excluding hydrogens is 314 g/mol. The van der Waals surface area contributed by atoms with Gasteiger partial charge in [0.15, 0.2) is 0 Å². The number of amides is 1. The van der Waals surface area contributed by atoms with E-state index in [1.165, 1.54) is 0 Å². The van der Waals surface area contributed by atoms with Crippen LogP contribution in [-0.2, 0) is 0 Å². The van der Waals surface area contributed by atoms with E-state index in [2.05, 4.69) is 20.4 Å². The summed E-state index contributed by atoms with van der Waals surface area (Å²) in [6, 6.07) is 17.0. The molecule has 0 radical (unpaired) electrons. The number of H-pyrrole nitrogens is 1. The predicted octanol–water partition coefficient (Wildman–Crippen LogP) is 3.62. The number of aryl methyl sites for hydroxylation is 2. The molecule has 2 aromatic heterocycles. The number of rotatable bonds is 3. The zero-order chi connectivity index (χ0) is 17.4. The van der Waals surface area contributed by atoms with Crippen LogP contribution in [0.15, 0.2) is 54.6 Å². The van der Waals surface area contributed by atoms with E-state index in [-0.39, 0.29) is 5.91 Å². The van der Waals surface area contributed by atoms with Crippen molar-refractivity contribution in [2.24, 2.45) is 0 Å². The van der Waals surface area contributed by atoms with Crippen molar-refractivity contribution in [2.75, 3.05) is 5.32 Å². The Labute approximate surface area is 144 Å². The molecule has 0 spiro atoms. The lowest BCUT2D eigenvalue weighted by atomic mass is 10.2. The van der Waals surface area contributed by atoms with Crippen LogP contribution in [0.2, 0.25) is 0 Å². The Hall–Kier alpha value is -3.41. The Bertz CT molecular complexity index is 1030. The molecule has 0 unspecified atom stereocenters. The normalized spacial score (nSPS) is 11.0. The number of para-hydroxylation sites is 2. The largest absolute Gasteiger partial charge is 0.324 e. The van der Waals surface area contributed by atoms with Crippen LogP contribution in [0.3, 0.4) is 0 Å². The first kappa shape index (κ1) is 15.1. The Balaban J connectivity index is 1.55. The van der Waals surface area contributed by atoms with Gasteiger partial charge in [-0.15, -0.1) is 0 Å². The summed E-state index contributed by atoms with van der Waals surface area (Å²) in [5, 5.41) is 7.24. The maximum absolute atomic E-state index is 12.4. The molecule has 2 N–H and O–H groups in total. The Morgan fingerprint density at radius 1 is 1.08 bits per heavy atom. The van der Waals surface area contributed by atoms with Crippen molar-refractivity contribution in [1.82, 2.24) is 19.7 Å². The van der Waals surface area contributed by atoms with Crippen LogP contribution in [0.4, 0.5) is 5.95 Å². The van der Waals surface area contributed by atoms with E-state index in [1.54, 1.807) is 12.1 Å². The quantitative estimate of drug-likeness (QED) is 0.602. The number of aromatic amines is 1. The number of carbonyl (C=O) groups is 1.